The average Bonchev–Trinajstić information content (AvgIpc) is 2.67. The van der Waals surface area contributed by atoms with Gasteiger partial charge < -0.3 is 15.1 Å². The molecule has 2 aromatic carbocycles. The molecule has 0 atom stereocenters. The van der Waals surface area contributed by atoms with Gasteiger partial charge in [-0.3, -0.25) is 0 Å². The molecule has 4 nitrogen and oxygen atoms in total. The molecule has 0 unspecified atom stereocenters. The Bertz CT molecular complexity index is 703. The van der Waals surface area contributed by atoms with Crippen LogP contribution in [0.15, 0.2) is 48.5 Å². The van der Waals surface area contributed by atoms with Crippen LogP contribution in [-0.4, -0.2) is 37.1 Å². The minimum Gasteiger partial charge on any atom is -0.368 e. The molecule has 0 saturated carbocycles. The Morgan fingerprint density at radius 3 is 2.32 bits per heavy atom. The minimum absolute atomic E-state index is 0.0317. The van der Waals surface area contributed by atoms with Crippen molar-refractivity contribution >= 4 is 11.7 Å². The number of hydrogen-bond donors (Lipinski definition) is 1. The number of carbonyl (C=O) groups is 1. The van der Waals surface area contributed by atoms with Crippen molar-refractivity contribution in [3.8, 4) is 0 Å². The van der Waals surface area contributed by atoms with Crippen molar-refractivity contribution in [2.24, 2.45) is 0 Å². The highest BCUT2D eigenvalue weighted by Gasteiger charge is 2.21. The Hall–Kier alpha value is -2.49. The van der Waals surface area contributed by atoms with E-state index in [-0.39, 0.29) is 6.03 Å². The number of urea groups is 1. The van der Waals surface area contributed by atoms with Gasteiger partial charge in [0.05, 0.1) is 0 Å². The smallest absolute Gasteiger partial charge is 0.317 e. The molecule has 2 aromatic rings. The molecule has 1 fully saturated rings. The van der Waals surface area contributed by atoms with Crippen molar-refractivity contribution in [1.29, 1.82) is 0 Å². The van der Waals surface area contributed by atoms with E-state index >= 15 is 0 Å². The molecule has 0 radical (unpaired) electrons. The fourth-order valence-corrected chi connectivity index (χ4v) is 3.20. The molecular formula is C21H27N3O. The molecular weight excluding hydrogens is 310 g/mol. The van der Waals surface area contributed by atoms with Crippen LogP contribution in [0.4, 0.5) is 10.5 Å². The first-order valence-corrected chi connectivity index (χ1v) is 9.08. The molecule has 25 heavy (non-hydrogen) atoms. The van der Waals surface area contributed by atoms with Gasteiger partial charge in [-0.25, -0.2) is 4.79 Å². The molecule has 3 rings (SSSR count). The number of anilines is 1. The standard InChI is InChI=1S/C21H27N3O/c1-3-18-8-10-20(11-9-18)23-12-14-24(15-13-23)21(25)22-16-19-7-5-4-6-17(19)2/h4-11H,3,12-16H2,1-2H3,(H,22,25). The lowest BCUT2D eigenvalue weighted by atomic mass is 10.1. The molecule has 1 aliphatic heterocycles. The lowest BCUT2D eigenvalue weighted by Crippen LogP contribution is -2.51. The summed E-state index contributed by atoms with van der Waals surface area (Å²) in [5.41, 5.74) is 4.99. The van der Waals surface area contributed by atoms with Gasteiger partial charge in [0.1, 0.15) is 0 Å². The summed E-state index contributed by atoms with van der Waals surface area (Å²) in [6.07, 6.45) is 1.06. The fourth-order valence-electron chi connectivity index (χ4n) is 3.20. The van der Waals surface area contributed by atoms with Gasteiger partial charge in [-0.05, 0) is 42.2 Å². The Labute approximate surface area is 150 Å². The highest BCUT2D eigenvalue weighted by atomic mass is 16.2. The van der Waals surface area contributed by atoms with Gasteiger partial charge in [-0.15, -0.1) is 0 Å². The summed E-state index contributed by atoms with van der Waals surface area (Å²) in [6.45, 7) is 8.11. The molecule has 0 aromatic heterocycles. The number of nitrogens with one attached hydrogen (secondary N) is 1. The molecule has 132 valence electrons. The third-order valence-corrected chi connectivity index (χ3v) is 4.97. The van der Waals surface area contributed by atoms with Crippen molar-refractivity contribution in [3.05, 3.63) is 65.2 Å². The summed E-state index contributed by atoms with van der Waals surface area (Å²) < 4.78 is 0. The number of benzene rings is 2. The highest BCUT2D eigenvalue weighted by Crippen LogP contribution is 2.17. The number of nitrogens with zero attached hydrogens (tertiary/aromatic N) is 2. The van der Waals surface area contributed by atoms with Crippen LogP contribution < -0.4 is 10.2 Å². The van der Waals surface area contributed by atoms with Crippen molar-refractivity contribution in [2.75, 3.05) is 31.1 Å². The summed E-state index contributed by atoms with van der Waals surface area (Å²) in [5, 5.41) is 3.05. The SMILES string of the molecule is CCc1ccc(N2CCN(C(=O)NCc3ccccc3C)CC2)cc1. The lowest BCUT2D eigenvalue weighted by molar-refractivity contribution is 0.194. The second-order valence-electron chi connectivity index (χ2n) is 6.58. The van der Waals surface area contributed by atoms with E-state index in [2.05, 4.69) is 60.5 Å². The van der Waals surface area contributed by atoms with E-state index in [1.807, 2.05) is 17.0 Å². The van der Waals surface area contributed by atoms with Crippen LogP contribution in [0.2, 0.25) is 0 Å². The van der Waals surface area contributed by atoms with Gasteiger partial charge >= 0.3 is 6.03 Å². The molecule has 4 heteroatoms. The van der Waals surface area contributed by atoms with Crippen LogP contribution >= 0.6 is 0 Å². The predicted molar refractivity (Wildman–Crippen MR) is 103 cm³/mol. The number of piperazine rings is 1. The van der Waals surface area contributed by atoms with E-state index in [0.29, 0.717) is 6.54 Å². The van der Waals surface area contributed by atoms with E-state index in [4.69, 9.17) is 0 Å². The van der Waals surface area contributed by atoms with Crippen LogP contribution in [0.5, 0.6) is 0 Å². The maximum atomic E-state index is 12.4. The van der Waals surface area contributed by atoms with Crippen LogP contribution in [0.1, 0.15) is 23.6 Å². The normalized spacial score (nSPS) is 14.5. The molecule has 1 saturated heterocycles. The van der Waals surface area contributed by atoms with Gasteiger partial charge in [-0.1, -0.05) is 43.3 Å². The zero-order chi connectivity index (χ0) is 17.6. The van der Waals surface area contributed by atoms with Crippen molar-refractivity contribution < 1.29 is 4.79 Å². The maximum absolute atomic E-state index is 12.4. The summed E-state index contributed by atoms with van der Waals surface area (Å²) in [5.74, 6) is 0. The number of hydrogen-bond acceptors (Lipinski definition) is 2. The number of carbonyl (C=O) groups excluding carboxylic acids is 1. The van der Waals surface area contributed by atoms with Gasteiger partial charge in [0.15, 0.2) is 0 Å². The largest absolute Gasteiger partial charge is 0.368 e. The first-order chi connectivity index (χ1) is 12.2. The predicted octanol–water partition coefficient (Wildman–Crippen LogP) is 3.59. The molecule has 1 heterocycles. The maximum Gasteiger partial charge on any atom is 0.317 e. The van der Waals surface area contributed by atoms with Gasteiger partial charge in [0.2, 0.25) is 0 Å². The second kappa shape index (κ2) is 8.06. The summed E-state index contributed by atoms with van der Waals surface area (Å²) in [6, 6.07) is 17.0. The number of aryl methyl sites for hydroxylation is 2. The second-order valence-corrected chi connectivity index (χ2v) is 6.58. The zero-order valence-corrected chi connectivity index (χ0v) is 15.2. The Kier molecular flexibility index (Phi) is 5.59. The first kappa shape index (κ1) is 17.3. The molecule has 1 aliphatic rings. The topological polar surface area (TPSA) is 35.6 Å². The fraction of sp³-hybridized carbons (Fsp3) is 0.381. The minimum atomic E-state index is 0.0317. The molecule has 0 spiro atoms. The lowest BCUT2D eigenvalue weighted by Gasteiger charge is -2.36. The van der Waals surface area contributed by atoms with Crippen LogP contribution in [-0.2, 0) is 13.0 Å². The van der Waals surface area contributed by atoms with E-state index in [0.717, 1.165) is 32.6 Å². The summed E-state index contributed by atoms with van der Waals surface area (Å²) >= 11 is 0. The van der Waals surface area contributed by atoms with E-state index in [9.17, 15) is 4.79 Å². The summed E-state index contributed by atoms with van der Waals surface area (Å²) in [4.78, 5) is 16.7. The van der Waals surface area contributed by atoms with Crippen molar-refractivity contribution in [1.82, 2.24) is 10.2 Å². The summed E-state index contributed by atoms with van der Waals surface area (Å²) in [7, 11) is 0. The zero-order valence-electron chi connectivity index (χ0n) is 15.2. The number of amides is 2. The van der Waals surface area contributed by atoms with Crippen LogP contribution in [0, 0.1) is 6.92 Å². The van der Waals surface area contributed by atoms with Crippen molar-refractivity contribution in [3.63, 3.8) is 0 Å². The van der Waals surface area contributed by atoms with Crippen LogP contribution in [0.25, 0.3) is 0 Å². The van der Waals surface area contributed by atoms with E-state index in [1.165, 1.54) is 22.4 Å². The Morgan fingerprint density at radius 1 is 1.00 bits per heavy atom. The van der Waals surface area contributed by atoms with E-state index < -0.39 is 0 Å². The van der Waals surface area contributed by atoms with Crippen molar-refractivity contribution in [2.45, 2.75) is 26.8 Å². The molecule has 0 aliphatic carbocycles. The molecule has 1 N–H and O–H groups in total. The molecule has 0 bridgehead atoms. The van der Waals surface area contributed by atoms with Gasteiger partial charge in [0, 0.05) is 38.4 Å². The quantitative estimate of drug-likeness (QED) is 0.925. The highest BCUT2D eigenvalue weighted by molar-refractivity contribution is 5.74. The Morgan fingerprint density at radius 2 is 1.68 bits per heavy atom. The average molecular weight is 337 g/mol. The third-order valence-electron chi connectivity index (χ3n) is 4.97. The monoisotopic (exact) mass is 337 g/mol. The Balaban J connectivity index is 1.49. The van der Waals surface area contributed by atoms with E-state index in [1.54, 1.807) is 0 Å². The van der Waals surface area contributed by atoms with Gasteiger partial charge in [-0.2, -0.15) is 0 Å². The van der Waals surface area contributed by atoms with Crippen LogP contribution in [0.3, 0.4) is 0 Å². The first-order valence-electron chi connectivity index (χ1n) is 9.08. The molecule has 2 amide bonds. The third kappa shape index (κ3) is 4.32. The number of rotatable bonds is 4. The van der Waals surface area contributed by atoms with Gasteiger partial charge in [0.25, 0.3) is 0 Å².